The molecule has 0 bridgehead atoms. The maximum Gasteiger partial charge on any atom is 0.338 e. The van der Waals surface area contributed by atoms with Crippen LogP contribution in [0.5, 0.6) is 0 Å². The predicted octanol–water partition coefficient (Wildman–Crippen LogP) is 4.28. The van der Waals surface area contributed by atoms with E-state index in [1.54, 1.807) is 30.2 Å². The third-order valence-electron chi connectivity index (χ3n) is 5.12. The Morgan fingerprint density at radius 1 is 1.22 bits per heavy atom. The van der Waals surface area contributed by atoms with Gasteiger partial charge in [0.1, 0.15) is 0 Å². The summed E-state index contributed by atoms with van der Waals surface area (Å²) in [7, 11) is 0. The van der Waals surface area contributed by atoms with Gasteiger partial charge in [-0.2, -0.15) is 0 Å². The maximum atomic E-state index is 13.5. The zero-order valence-electron chi connectivity index (χ0n) is 17.8. The first-order valence-electron chi connectivity index (χ1n) is 10.0. The number of carbonyl (C=O) groups is 1. The van der Waals surface area contributed by atoms with E-state index in [9.17, 15) is 9.59 Å². The minimum absolute atomic E-state index is 0.176. The molecule has 5 nitrogen and oxygen atoms in total. The Bertz CT molecular complexity index is 1370. The highest BCUT2D eigenvalue weighted by Crippen LogP contribution is 2.31. The Hall–Kier alpha value is -2.42. The molecule has 0 aliphatic carbocycles. The lowest BCUT2D eigenvalue weighted by atomic mass is 9.96. The van der Waals surface area contributed by atoms with Crippen LogP contribution < -0.4 is 14.9 Å². The lowest BCUT2D eigenvalue weighted by Crippen LogP contribution is -2.39. The summed E-state index contributed by atoms with van der Waals surface area (Å²) in [6.45, 7) is 3.80. The largest absolute Gasteiger partial charge is 0.463 e. The Balaban J connectivity index is 1.92. The first-order valence-corrected chi connectivity index (χ1v) is 12.9. The number of thioether (sulfide) groups is 1. The van der Waals surface area contributed by atoms with Crippen molar-refractivity contribution >= 4 is 51.1 Å². The van der Waals surface area contributed by atoms with E-state index in [2.05, 4.69) is 20.9 Å². The number of ether oxygens (including phenoxy) is 1. The van der Waals surface area contributed by atoms with Gasteiger partial charge in [0, 0.05) is 9.37 Å². The molecule has 0 saturated heterocycles. The topological polar surface area (TPSA) is 60.7 Å². The molecule has 2 heterocycles. The molecule has 0 amide bonds. The van der Waals surface area contributed by atoms with Gasteiger partial charge in [-0.15, -0.1) is 11.8 Å². The number of esters is 1. The fourth-order valence-electron chi connectivity index (χ4n) is 3.60. The van der Waals surface area contributed by atoms with Crippen LogP contribution in [0.1, 0.15) is 31.0 Å². The van der Waals surface area contributed by atoms with Crippen LogP contribution in [0, 0.1) is 0 Å². The molecule has 0 unspecified atom stereocenters. The molecule has 0 N–H and O–H groups in total. The molecule has 0 radical (unpaired) electrons. The van der Waals surface area contributed by atoms with Gasteiger partial charge in [0.15, 0.2) is 4.80 Å². The number of aromatic nitrogens is 1. The third kappa shape index (κ3) is 4.40. The van der Waals surface area contributed by atoms with Gasteiger partial charge < -0.3 is 4.74 Å². The summed E-state index contributed by atoms with van der Waals surface area (Å²) in [4.78, 5) is 32.7. The van der Waals surface area contributed by atoms with Gasteiger partial charge in [0.2, 0.25) is 0 Å². The summed E-state index contributed by atoms with van der Waals surface area (Å²) >= 11 is 6.45. The second-order valence-electron chi connectivity index (χ2n) is 7.13. The number of rotatable bonds is 5. The van der Waals surface area contributed by atoms with Crippen LogP contribution in [-0.4, -0.2) is 23.4 Å². The Morgan fingerprint density at radius 2 is 1.91 bits per heavy atom. The van der Waals surface area contributed by atoms with Crippen LogP contribution in [0.4, 0.5) is 0 Å². The number of halogens is 1. The van der Waals surface area contributed by atoms with Crippen molar-refractivity contribution in [3.05, 3.63) is 95.1 Å². The molecule has 164 valence electrons. The van der Waals surface area contributed by atoms with Crippen molar-refractivity contribution in [2.75, 3.05) is 12.9 Å². The quantitative estimate of drug-likeness (QED) is 0.366. The number of hydrogen-bond acceptors (Lipinski definition) is 6. The highest BCUT2D eigenvalue weighted by Gasteiger charge is 2.33. The van der Waals surface area contributed by atoms with Gasteiger partial charge in [-0.25, -0.2) is 9.79 Å². The Kier molecular flexibility index (Phi) is 6.83. The molecule has 0 fully saturated rings. The fraction of sp³-hybridized carbons (Fsp3) is 0.208. The normalized spacial score (nSPS) is 16.0. The summed E-state index contributed by atoms with van der Waals surface area (Å²) < 4.78 is 8.41. The molecule has 8 heteroatoms. The van der Waals surface area contributed by atoms with Gasteiger partial charge in [-0.3, -0.25) is 9.36 Å². The van der Waals surface area contributed by atoms with Gasteiger partial charge in [-0.1, -0.05) is 51.5 Å². The van der Waals surface area contributed by atoms with E-state index >= 15 is 0 Å². The number of hydrogen-bond donors (Lipinski definition) is 0. The molecule has 32 heavy (non-hydrogen) atoms. The molecule has 1 aromatic heterocycles. The summed E-state index contributed by atoms with van der Waals surface area (Å²) in [6, 6.07) is 15.1. The fourth-order valence-corrected chi connectivity index (χ4v) is 5.32. The van der Waals surface area contributed by atoms with Gasteiger partial charge in [0.25, 0.3) is 5.56 Å². The van der Waals surface area contributed by atoms with Crippen molar-refractivity contribution in [1.29, 1.82) is 0 Å². The van der Waals surface area contributed by atoms with Crippen LogP contribution in [0.25, 0.3) is 6.08 Å². The average Bonchev–Trinajstić information content (AvgIpc) is 3.08. The molecule has 1 atom stereocenters. The molecular weight excluding hydrogens is 508 g/mol. The lowest BCUT2D eigenvalue weighted by Gasteiger charge is -2.24. The summed E-state index contributed by atoms with van der Waals surface area (Å²) in [5.74, 6) is -0.455. The minimum Gasteiger partial charge on any atom is -0.463 e. The average molecular weight is 529 g/mol. The number of fused-ring (bicyclic) bond motifs is 1. The smallest absolute Gasteiger partial charge is 0.338 e. The molecule has 0 saturated carbocycles. The van der Waals surface area contributed by atoms with E-state index in [0.717, 1.165) is 20.5 Å². The van der Waals surface area contributed by atoms with E-state index in [4.69, 9.17) is 4.74 Å². The number of thiazole rings is 1. The van der Waals surface area contributed by atoms with Gasteiger partial charge >= 0.3 is 5.97 Å². The maximum absolute atomic E-state index is 13.5. The van der Waals surface area contributed by atoms with Crippen molar-refractivity contribution in [2.24, 2.45) is 4.99 Å². The van der Waals surface area contributed by atoms with E-state index in [1.807, 2.05) is 60.9 Å². The van der Waals surface area contributed by atoms with Crippen molar-refractivity contribution in [3.63, 3.8) is 0 Å². The van der Waals surface area contributed by atoms with E-state index in [0.29, 0.717) is 20.6 Å². The first-order chi connectivity index (χ1) is 15.4. The van der Waals surface area contributed by atoms with E-state index < -0.39 is 12.0 Å². The molecule has 1 aliphatic rings. The van der Waals surface area contributed by atoms with Gasteiger partial charge in [0.05, 0.1) is 28.5 Å². The second kappa shape index (κ2) is 9.60. The molecule has 3 aromatic rings. The molecule has 4 rings (SSSR count). The van der Waals surface area contributed by atoms with Crippen molar-refractivity contribution < 1.29 is 9.53 Å². The number of allylic oxidation sites excluding steroid dienone is 1. The molecule has 2 aromatic carbocycles. The van der Waals surface area contributed by atoms with E-state index in [1.165, 1.54) is 11.3 Å². The third-order valence-corrected chi connectivity index (χ3v) is 7.37. The van der Waals surface area contributed by atoms with E-state index in [-0.39, 0.29) is 12.2 Å². The highest BCUT2D eigenvalue weighted by atomic mass is 79.9. The summed E-state index contributed by atoms with van der Waals surface area (Å²) in [5, 5.41) is 0. The Morgan fingerprint density at radius 3 is 2.53 bits per heavy atom. The van der Waals surface area contributed by atoms with Crippen LogP contribution >= 0.6 is 39.0 Å². The Labute approximate surface area is 202 Å². The standard InChI is InChI=1S/C24H21BrN2O3S2/c1-4-30-23(29)20-14(2)26-24-27(21(20)16-7-9-17(25)10-8-16)22(28)19(32-24)13-15-5-11-18(31-3)12-6-15/h5-13,21H,4H2,1-3H3/b19-13+/t21-/m0/s1. The monoisotopic (exact) mass is 528 g/mol. The highest BCUT2D eigenvalue weighted by molar-refractivity contribution is 9.10. The van der Waals surface area contributed by atoms with Crippen LogP contribution in [0.2, 0.25) is 0 Å². The molecular formula is C24H21BrN2O3S2. The number of benzene rings is 2. The van der Waals surface area contributed by atoms with Crippen LogP contribution in [0.3, 0.4) is 0 Å². The minimum atomic E-state index is -0.598. The van der Waals surface area contributed by atoms with Crippen molar-refractivity contribution in [2.45, 2.75) is 24.8 Å². The van der Waals surface area contributed by atoms with Gasteiger partial charge in [-0.05, 0) is 61.6 Å². The van der Waals surface area contributed by atoms with Crippen molar-refractivity contribution in [3.8, 4) is 0 Å². The number of nitrogens with zero attached hydrogens (tertiary/aromatic N) is 2. The zero-order chi connectivity index (χ0) is 22.8. The number of carbonyl (C=O) groups excluding carboxylic acids is 1. The first kappa shape index (κ1) is 22.8. The predicted molar refractivity (Wildman–Crippen MR) is 133 cm³/mol. The van der Waals surface area contributed by atoms with Crippen LogP contribution in [0.15, 0.2) is 79.0 Å². The summed E-state index contributed by atoms with van der Waals surface area (Å²) in [5.41, 5.74) is 2.54. The second-order valence-corrected chi connectivity index (χ2v) is 9.93. The molecule has 1 aliphatic heterocycles. The molecule has 0 spiro atoms. The van der Waals surface area contributed by atoms with Crippen molar-refractivity contribution in [1.82, 2.24) is 4.57 Å². The SMILES string of the molecule is CCOC(=O)C1=C(C)N=c2s/c(=C/c3ccc(SC)cc3)c(=O)n2[C@H]1c1ccc(Br)cc1. The van der Waals surface area contributed by atoms with Crippen LogP contribution in [-0.2, 0) is 9.53 Å². The lowest BCUT2D eigenvalue weighted by molar-refractivity contribution is -0.139. The summed E-state index contributed by atoms with van der Waals surface area (Å²) in [6.07, 6.45) is 3.90. The zero-order valence-corrected chi connectivity index (χ0v) is 21.0.